The van der Waals surface area contributed by atoms with E-state index in [2.05, 4.69) is 42.9 Å². The van der Waals surface area contributed by atoms with Gasteiger partial charge in [0.2, 0.25) is 0 Å². The minimum absolute atomic E-state index is 0.361. The highest BCUT2D eigenvalue weighted by Crippen LogP contribution is 2.39. The highest BCUT2D eigenvalue weighted by atomic mass is 32.2. The van der Waals surface area contributed by atoms with E-state index in [0.717, 1.165) is 0 Å². The van der Waals surface area contributed by atoms with Gasteiger partial charge in [-0.1, -0.05) is 6.08 Å². The van der Waals surface area contributed by atoms with Crippen molar-refractivity contribution >= 4 is 38.3 Å². The molecule has 1 aromatic rings. The van der Waals surface area contributed by atoms with Crippen molar-refractivity contribution in [2.75, 3.05) is 0 Å². The normalized spacial score (nSPS) is 27.4. The third-order valence-corrected chi connectivity index (χ3v) is 5.95. The zero-order valence-electron chi connectivity index (χ0n) is 8.28. The van der Waals surface area contributed by atoms with Crippen LogP contribution in [0.1, 0.15) is 13.8 Å². The van der Waals surface area contributed by atoms with Crippen molar-refractivity contribution in [2.24, 2.45) is 0 Å². The maximum Gasteiger partial charge on any atom is 0.0488 e. The Labute approximate surface area is 90.2 Å². The third-order valence-electron chi connectivity index (χ3n) is 2.75. The number of hydrogen-bond acceptors (Lipinski definition) is 1. The fourth-order valence-electron chi connectivity index (χ4n) is 2.09. The van der Waals surface area contributed by atoms with E-state index >= 15 is 0 Å². The monoisotopic (exact) mass is 220 g/mol. The van der Waals surface area contributed by atoms with Gasteiger partial charge in [-0.05, 0) is 52.4 Å². The van der Waals surface area contributed by atoms with Gasteiger partial charge in [0.1, 0.15) is 0 Å². The van der Waals surface area contributed by atoms with Crippen molar-refractivity contribution in [3.63, 3.8) is 0 Å². The molecule has 72 valence electrons. The van der Waals surface area contributed by atoms with E-state index in [1.54, 1.807) is 10.4 Å². The number of allylic oxidation sites excluding steroid dienone is 1. The van der Waals surface area contributed by atoms with Gasteiger partial charge in [-0.2, -0.15) is 10.5 Å². The average molecular weight is 220 g/mol. The molecule has 0 nitrogen and oxygen atoms in total. The fourth-order valence-corrected chi connectivity index (χ4v) is 5.05. The van der Waals surface area contributed by atoms with Crippen LogP contribution in [0.3, 0.4) is 0 Å². The molecule has 14 heavy (non-hydrogen) atoms. The van der Waals surface area contributed by atoms with E-state index in [-0.39, 0.29) is 0 Å². The number of fused-ring (bicyclic) bond motifs is 2. The average Bonchev–Trinajstić information content (AvgIpc) is 2.70. The molecular weight excluding hydrogens is 208 g/mol. The third kappa shape index (κ3) is 1.04. The first-order valence-corrected chi connectivity index (χ1v) is 7.00. The Kier molecular flexibility index (Phi) is 1.83. The number of rotatable bonds is 0. The molecule has 0 fully saturated rings. The van der Waals surface area contributed by atoms with Crippen LogP contribution in [-0.2, 0) is 0 Å². The van der Waals surface area contributed by atoms with Gasteiger partial charge in [0.25, 0.3) is 0 Å². The van der Waals surface area contributed by atoms with Crippen LogP contribution in [0.4, 0.5) is 0 Å². The Morgan fingerprint density at radius 3 is 3.07 bits per heavy atom. The maximum atomic E-state index is 2.45. The lowest BCUT2D eigenvalue weighted by Crippen LogP contribution is -2.14. The number of hydrogen-bond donors (Lipinski definition) is 0. The van der Waals surface area contributed by atoms with Gasteiger partial charge in [0.05, 0.1) is 0 Å². The summed E-state index contributed by atoms with van der Waals surface area (Å²) < 4.78 is 1.48. The largest absolute Gasteiger partial charge is 0.152 e. The van der Waals surface area contributed by atoms with Crippen LogP contribution in [0, 0.1) is 0 Å². The molecule has 0 amide bonds. The minimum atomic E-state index is 0.361. The zero-order chi connectivity index (χ0) is 9.71. The Morgan fingerprint density at radius 1 is 1.43 bits per heavy atom. The van der Waals surface area contributed by atoms with Crippen LogP contribution in [0.25, 0.3) is 11.6 Å². The van der Waals surface area contributed by atoms with E-state index in [1.807, 2.05) is 11.3 Å². The standard InChI is InChI=1S/C12H12S2/c1-8(2)14-6-4-10-9-3-5-13-11(9)7-12(10)14/h3-7,12H,1-2H3. The Balaban J connectivity index is 2.32. The quantitative estimate of drug-likeness (QED) is 0.587. The SMILES string of the molecule is CC(C)=S1C=CC2=c3ccsc3=CC21. The summed E-state index contributed by atoms with van der Waals surface area (Å²) in [6.45, 7) is 4.49. The van der Waals surface area contributed by atoms with E-state index in [0.29, 0.717) is 15.7 Å². The predicted molar refractivity (Wildman–Crippen MR) is 68.3 cm³/mol. The van der Waals surface area contributed by atoms with Gasteiger partial charge in [0.15, 0.2) is 0 Å². The molecule has 2 heterocycles. The summed E-state index contributed by atoms with van der Waals surface area (Å²) in [6.07, 6.45) is 4.78. The Hall–Kier alpha value is -0.600. The fraction of sp³-hybridized carbons (Fsp3) is 0.250. The maximum absolute atomic E-state index is 2.45. The lowest BCUT2D eigenvalue weighted by Gasteiger charge is -2.09. The Bertz CT molecular complexity index is 566. The molecule has 0 N–H and O–H groups in total. The molecule has 0 spiro atoms. The van der Waals surface area contributed by atoms with Crippen LogP contribution in [-0.4, -0.2) is 10.1 Å². The van der Waals surface area contributed by atoms with Crippen molar-refractivity contribution in [3.05, 3.63) is 32.7 Å². The lowest BCUT2D eigenvalue weighted by atomic mass is 10.2. The molecule has 1 aromatic heterocycles. The van der Waals surface area contributed by atoms with Crippen molar-refractivity contribution in [3.8, 4) is 0 Å². The summed E-state index contributed by atoms with van der Waals surface area (Å²) in [5.41, 5.74) is 1.55. The first kappa shape index (κ1) is 8.69. The van der Waals surface area contributed by atoms with Crippen LogP contribution in [0.15, 0.2) is 22.9 Å². The van der Waals surface area contributed by atoms with Gasteiger partial charge in [-0.3, -0.25) is 0 Å². The van der Waals surface area contributed by atoms with Crippen LogP contribution >= 0.6 is 21.8 Å². The summed E-state index contributed by atoms with van der Waals surface area (Å²) >= 11 is 1.87. The van der Waals surface area contributed by atoms with Gasteiger partial charge in [-0.25, -0.2) is 0 Å². The summed E-state index contributed by atoms with van der Waals surface area (Å²) in [5, 5.41) is 6.72. The van der Waals surface area contributed by atoms with Gasteiger partial charge in [-0.15, -0.1) is 11.3 Å². The molecule has 3 rings (SSSR count). The second kappa shape index (κ2) is 2.94. The molecule has 2 aliphatic rings. The minimum Gasteiger partial charge on any atom is -0.152 e. The molecule has 0 bridgehead atoms. The molecule has 2 unspecified atom stereocenters. The molecule has 0 radical (unpaired) electrons. The molecule has 1 aliphatic heterocycles. The van der Waals surface area contributed by atoms with E-state index < -0.39 is 0 Å². The summed E-state index contributed by atoms with van der Waals surface area (Å²) in [7, 11) is 0.361. The topological polar surface area (TPSA) is 0 Å². The first-order valence-electron chi connectivity index (χ1n) is 4.77. The molecule has 0 aromatic carbocycles. The van der Waals surface area contributed by atoms with E-state index in [9.17, 15) is 0 Å². The second-order valence-corrected chi connectivity index (χ2v) is 7.11. The van der Waals surface area contributed by atoms with E-state index in [4.69, 9.17) is 0 Å². The summed E-state index contributed by atoms with van der Waals surface area (Å²) in [5.74, 6) is 0. The van der Waals surface area contributed by atoms with Crippen molar-refractivity contribution < 1.29 is 0 Å². The first-order chi connectivity index (χ1) is 6.77. The molecule has 0 saturated heterocycles. The molecule has 2 atom stereocenters. The highest BCUT2D eigenvalue weighted by molar-refractivity contribution is 8.19. The van der Waals surface area contributed by atoms with E-state index in [1.165, 1.54) is 9.75 Å². The zero-order valence-corrected chi connectivity index (χ0v) is 9.91. The van der Waals surface area contributed by atoms with Crippen molar-refractivity contribution in [2.45, 2.75) is 19.1 Å². The molecule has 0 saturated carbocycles. The van der Waals surface area contributed by atoms with Crippen molar-refractivity contribution in [1.82, 2.24) is 0 Å². The van der Waals surface area contributed by atoms with Crippen molar-refractivity contribution in [1.29, 1.82) is 0 Å². The van der Waals surface area contributed by atoms with Crippen LogP contribution in [0.5, 0.6) is 0 Å². The molecular formula is C12H12S2. The molecule has 2 heteroatoms. The van der Waals surface area contributed by atoms with Gasteiger partial charge < -0.3 is 0 Å². The van der Waals surface area contributed by atoms with Crippen LogP contribution < -0.4 is 9.75 Å². The second-order valence-electron chi connectivity index (χ2n) is 3.82. The lowest BCUT2D eigenvalue weighted by molar-refractivity contribution is 1.59. The van der Waals surface area contributed by atoms with Crippen LogP contribution in [0.2, 0.25) is 0 Å². The molecule has 1 aliphatic carbocycles. The highest BCUT2D eigenvalue weighted by Gasteiger charge is 2.23. The Morgan fingerprint density at radius 2 is 2.29 bits per heavy atom. The summed E-state index contributed by atoms with van der Waals surface area (Å²) in [4.78, 5) is 1.55. The van der Waals surface area contributed by atoms with Gasteiger partial charge >= 0.3 is 0 Å². The predicted octanol–water partition coefficient (Wildman–Crippen LogP) is 2.07. The smallest absolute Gasteiger partial charge is 0.0488 e. The summed E-state index contributed by atoms with van der Waals surface area (Å²) in [6, 6.07) is 2.26. The van der Waals surface area contributed by atoms with Gasteiger partial charge in [0, 0.05) is 9.78 Å². The number of thiophene rings is 1.